The molecule has 2 N–H and O–H groups in total. The van der Waals surface area contributed by atoms with Gasteiger partial charge in [-0.3, -0.25) is 4.68 Å². The first-order valence-corrected chi connectivity index (χ1v) is 6.76. The quantitative estimate of drug-likeness (QED) is 0.811. The van der Waals surface area contributed by atoms with Gasteiger partial charge in [-0.25, -0.2) is 4.68 Å². The van der Waals surface area contributed by atoms with Crippen LogP contribution >= 0.6 is 11.6 Å². The zero-order valence-corrected chi connectivity index (χ0v) is 12.1. The Morgan fingerprint density at radius 3 is 2.79 bits per heavy atom. The molecule has 0 spiro atoms. The van der Waals surface area contributed by atoms with Crippen LogP contribution in [0.15, 0.2) is 6.20 Å². The summed E-state index contributed by atoms with van der Waals surface area (Å²) in [6, 6.07) is 0. The van der Waals surface area contributed by atoms with Crippen LogP contribution in [0.3, 0.4) is 0 Å². The van der Waals surface area contributed by atoms with E-state index in [1.165, 1.54) is 0 Å². The van der Waals surface area contributed by atoms with Gasteiger partial charge in [0.2, 0.25) is 0 Å². The molecular weight excluding hydrogens is 264 g/mol. The first-order chi connectivity index (χ1) is 9.11. The fourth-order valence-electron chi connectivity index (χ4n) is 2.00. The molecule has 0 aliphatic heterocycles. The van der Waals surface area contributed by atoms with E-state index in [4.69, 9.17) is 17.3 Å². The maximum atomic E-state index is 6.20. The van der Waals surface area contributed by atoms with Crippen molar-refractivity contribution in [1.82, 2.24) is 24.8 Å². The molecule has 104 valence electrons. The van der Waals surface area contributed by atoms with Crippen molar-refractivity contribution in [2.45, 2.75) is 32.7 Å². The van der Waals surface area contributed by atoms with Gasteiger partial charge in [-0.05, 0) is 32.7 Å². The normalized spacial score (nSPS) is 11.2. The number of hydrogen-bond acceptors (Lipinski definition) is 4. The molecule has 7 heteroatoms. The minimum Gasteiger partial charge on any atom is -0.330 e. The molecule has 0 fully saturated rings. The smallest absolute Gasteiger partial charge is 0.132 e. The molecule has 0 aliphatic carbocycles. The van der Waals surface area contributed by atoms with Crippen LogP contribution in [0.2, 0.25) is 5.15 Å². The van der Waals surface area contributed by atoms with Crippen LogP contribution < -0.4 is 5.73 Å². The molecule has 2 aromatic rings. The van der Waals surface area contributed by atoms with E-state index < -0.39 is 0 Å². The molecular formula is C12H19ClN6. The Bertz CT molecular complexity index is 544. The van der Waals surface area contributed by atoms with E-state index in [1.807, 2.05) is 20.2 Å². The predicted molar refractivity (Wildman–Crippen MR) is 74.1 cm³/mol. The van der Waals surface area contributed by atoms with Crippen molar-refractivity contribution in [1.29, 1.82) is 0 Å². The molecule has 2 heterocycles. The fourth-order valence-corrected chi connectivity index (χ4v) is 2.23. The Hall–Kier alpha value is -1.40. The molecule has 0 radical (unpaired) electrons. The van der Waals surface area contributed by atoms with Crippen molar-refractivity contribution >= 4 is 11.6 Å². The molecule has 0 aliphatic rings. The number of aryl methyl sites for hydroxylation is 3. The van der Waals surface area contributed by atoms with Crippen molar-refractivity contribution in [2.24, 2.45) is 12.8 Å². The SMILES string of the molecule is Cc1nn(C)c(Cl)c1Cn1cc(CCCCN)nn1. The Morgan fingerprint density at radius 1 is 1.37 bits per heavy atom. The highest BCUT2D eigenvalue weighted by Gasteiger charge is 2.12. The molecule has 0 amide bonds. The molecule has 0 saturated heterocycles. The van der Waals surface area contributed by atoms with Crippen LogP contribution in [0, 0.1) is 6.92 Å². The number of hydrogen-bond donors (Lipinski definition) is 1. The van der Waals surface area contributed by atoms with Crippen LogP contribution in [0.4, 0.5) is 0 Å². The van der Waals surface area contributed by atoms with E-state index in [-0.39, 0.29) is 0 Å². The number of nitrogens with two attached hydrogens (primary N) is 1. The number of aromatic nitrogens is 5. The number of halogens is 1. The van der Waals surface area contributed by atoms with E-state index in [0.717, 1.165) is 42.8 Å². The van der Waals surface area contributed by atoms with Crippen LogP contribution in [0.5, 0.6) is 0 Å². The fraction of sp³-hybridized carbons (Fsp3) is 0.583. The molecule has 2 aromatic heterocycles. The topological polar surface area (TPSA) is 74.5 Å². The van der Waals surface area contributed by atoms with Gasteiger partial charge in [0.1, 0.15) is 5.15 Å². The summed E-state index contributed by atoms with van der Waals surface area (Å²) in [5.41, 5.74) is 8.37. The third kappa shape index (κ3) is 3.33. The van der Waals surface area contributed by atoms with Gasteiger partial charge < -0.3 is 5.73 Å². The van der Waals surface area contributed by atoms with Crippen molar-refractivity contribution in [3.63, 3.8) is 0 Å². The lowest BCUT2D eigenvalue weighted by Crippen LogP contribution is -2.01. The summed E-state index contributed by atoms with van der Waals surface area (Å²) in [5, 5.41) is 13.2. The van der Waals surface area contributed by atoms with Crippen LogP contribution in [-0.4, -0.2) is 31.3 Å². The third-order valence-electron chi connectivity index (χ3n) is 3.06. The second-order valence-corrected chi connectivity index (χ2v) is 4.99. The van der Waals surface area contributed by atoms with E-state index in [1.54, 1.807) is 9.36 Å². The maximum Gasteiger partial charge on any atom is 0.132 e. The summed E-state index contributed by atoms with van der Waals surface area (Å²) in [6.07, 6.45) is 4.93. The van der Waals surface area contributed by atoms with Gasteiger partial charge in [0.25, 0.3) is 0 Å². The van der Waals surface area contributed by atoms with Crippen molar-refractivity contribution in [3.8, 4) is 0 Å². The molecule has 0 aromatic carbocycles. The van der Waals surface area contributed by atoms with E-state index in [2.05, 4.69) is 15.4 Å². The van der Waals surface area contributed by atoms with Gasteiger partial charge in [-0.1, -0.05) is 16.8 Å². The second kappa shape index (κ2) is 6.16. The average molecular weight is 283 g/mol. The third-order valence-corrected chi connectivity index (χ3v) is 3.54. The molecule has 0 atom stereocenters. The van der Waals surface area contributed by atoms with Crippen molar-refractivity contribution in [2.75, 3.05) is 6.54 Å². The zero-order valence-electron chi connectivity index (χ0n) is 11.3. The van der Waals surface area contributed by atoms with Crippen LogP contribution in [-0.2, 0) is 20.0 Å². The van der Waals surface area contributed by atoms with Crippen molar-refractivity contribution in [3.05, 3.63) is 28.3 Å². The highest BCUT2D eigenvalue weighted by atomic mass is 35.5. The average Bonchev–Trinajstić information content (AvgIpc) is 2.91. The summed E-state index contributed by atoms with van der Waals surface area (Å²) in [5.74, 6) is 0. The number of nitrogens with zero attached hydrogens (tertiary/aromatic N) is 5. The summed E-state index contributed by atoms with van der Waals surface area (Å²) >= 11 is 6.20. The lowest BCUT2D eigenvalue weighted by atomic mass is 10.2. The Balaban J connectivity index is 2.03. The molecule has 0 bridgehead atoms. The summed E-state index contributed by atoms with van der Waals surface area (Å²) in [7, 11) is 1.83. The van der Waals surface area contributed by atoms with Crippen LogP contribution in [0.25, 0.3) is 0 Å². The van der Waals surface area contributed by atoms with E-state index in [9.17, 15) is 0 Å². The molecule has 0 unspecified atom stereocenters. The number of unbranched alkanes of at least 4 members (excludes halogenated alkanes) is 1. The molecule has 6 nitrogen and oxygen atoms in total. The predicted octanol–water partition coefficient (Wildman–Crippen LogP) is 1.30. The Labute approximate surface area is 117 Å². The summed E-state index contributed by atoms with van der Waals surface area (Å²) in [4.78, 5) is 0. The van der Waals surface area contributed by atoms with Crippen molar-refractivity contribution < 1.29 is 0 Å². The standard InChI is InChI=1S/C12H19ClN6/c1-9-11(12(13)18(2)16-9)8-19-7-10(15-17-19)5-3-4-6-14/h7H,3-6,8,14H2,1-2H3. The largest absolute Gasteiger partial charge is 0.330 e. The summed E-state index contributed by atoms with van der Waals surface area (Å²) in [6.45, 7) is 3.27. The minimum atomic E-state index is 0.600. The molecule has 0 saturated carbocycles. The Kier molecular flexibility index (Phi) is 4.55. The monoisotopic (exact) mass is 282 g/mol. The Morgan fingerprint density at radius 2 is 2.16 bits per heavy atom. The van der Waals surface area contributed by atoms with Crippen LogP contribution in [0.1, 0.15) is 29.8 Å². The van der Waals surface area contributed by atoms with Gasteiger partial charge in [-0.2, -0.15) is 5.10 Å². The molecule has 2 rings (SSSR count). The lowest BCUT2D eigenvalue weighted by Gasteiger charge is -2.00. The van der Waals surface area contributed by atoms with E-state index in [0.29, 0.717) is 11.7 Å². The second-order valence-electron chi connectivity index (χ2n) is 4.63. The van der Waals surface area contributed by atoms with Gasteiger partial charge in [0.15, 0.2) is 0 Å². The van der Waals surface area contributed by atoms with Gasteiger partial charge in [-0.15, -0.1) is 5.10 Å². The van der Waals surface area contributed by atoms with E-state index >= 15 is 0 Å². The van der Waals surface area contributed by atoms with Gasteiger partial charge in [0.05, 0.1) is 17.9 Å². The minimum absolute atomic E-state index is 0.600. The highest BCUT2D eigenvalue weighted by molar-refractivity contribution is 6.30. The number of rotatable bonds is 6. The lowest BCUT2D eigenvalue weighted by molar-refractivity contribution is 0.646. The van der Waals surface area contributed by atoms with Gasteiger partial charge >= 0.3 is 0 Å². The zero-order chi connectivity index (χ0) is 13.8. The maximum absolute atomic E-state index is 6.20. The van der Waals surface area contributed by atoms with Gasteiger partial charge in [0, 0.05) is 18.8 Å². The molecule has 19 heavy (non-hydrogen) atoms. The first kappa shape index (κ1) is 14.0. The summed E-state index contributed by atoms with van der Waals surface area (Å²) < 4.78 is 3.47. The highest BCUT2D eigenvalue weighted by Crippen LogP contribution is 2.19. The first-order valence-electron chi connectivity index (χ1n) is 6.39.